The van der Waals surface area contributed by atoms with Gasteiger partial charge < -0.3 is 9.47 Å². The van der Waals surface area contributed by atoms with E-state index < -0.39 is 6.29 Å². The Morgan fingerprint density at radius 3 is 2.35 bits per heavy atom. The largest absolute Gasteiger partial charge is 0.455 e. The highest BCUT2D eigenvalue weighted by atomic mass is 35.5. The van der Waals surface area contributed by atoms with E-state index in [2.05, 4.69) is 9.97 Å². The third-order valence-corrected chi connectivity index (χ3v) is 2.11. The first-order valence-corrected chi connectivity index (χ1v) is 5.48. The van der Waals surface area contributed by atoms with Gasteiger partial charge in [-0.1, -0.05) is 29.8 Å². The van der Waals surface area contributed by atoms with Crippen molar-refractivity contribution < 1.29 is 9.47 Å². The number of benzene rings is 1. The van der Waals surface area contributed by atoms with E-state index in [1.165, 1.54) is 12.4 Å². The number of hydrogen-bond donors (Lipinski definition) is 0. The number of halogens is 1. The Bertz CT molecular complexity index is 462. The van der Waals surface area contributed by atoms with Crippen LogP contribution in [0.1, 0.15) is 6.92 Å². The summed E-state index contributed by atoms with van der Waals surface area (Å²) in [6, 6.07) is 9.63. The standard InChI is InChI=1S/C12H11ClN2O2/c1-9(16-11-5-3-2-4-6-11)17-12-14-7-10(13)8-15-12/h2-9H,1H3. The SMILES string of the molecule is CC(Oc1ccccc1)Oc1ncc(Cl)cn1. The summed E-state index contributed by atoms with van der Waals surface area (Å²) < 4.78 is 10.9. The molecule has 17 heavy (non-hydrogen) atoms. The van der Waals surface area contributed by atoms with Gasteiger partial charge in [0, 0.05) is 6.92 Å². The van der Waals surface area contributed by atoms with Gasteiger partial charge in [-0.2, -0.15) is 0 Å². The van der Waals surface area contributed by atoms with E-state index in [1.54, 1.807) is 6.92 Å². The zero-order valence-corrected chi connectivity index (χ0v) is 9.96. The molecule has 0 aliphatic heterocycles. The predicted octanol–water partition coefficient (Wildman–Crippen LogP) is 2.93. The molecular formula is C12H11ClN2O2. The van der Waals surface area contributed by atoms with E-state index in [0.717, 1.165) is 5.75 Å². The molecule has 1 aromatic heterocycles. The smallest absolute Gasteiger partial charge is 0.319 e. The number of nitrogens with zero attached hydrogens (tertiary/aromatic N) is 2. The predicted molar refractivity (Wildman–Crippen MR) is 64.2 cm³/mol. The van der Waals surface area contributed by atoms with Crippen molar-refractivity contribution in [1.29, 1.82) is 0 Å². The molecule has 88 valence electrons. The minimum Gasteiger partial charge on any atom is -0.455 e. The van der Waals surface area contributed by atoms with Crippen molar-refractivity contribution in [3.63, 3.8) is 0 Å². The van der Waals surface area contributed by atoms with Gasteiger partial charge in [0.25, 0.3) is 0 Å². The van der Waals surface area contributed by atoms with Crippen LogP contribution < -0.4 is 9.47 Å². The van der Waals surface area contributed by atoms with Gasteiger partial charge in [-0.25, -0.2) is 9.97 Å². The summed E-state index contributed by atoms with van der Waals surface area (Å²) in [5.74, 6) is 0.731. The molecule has 0 spiro atoms. The molecule has 0 aliphatic rings. The van der Waals surface area contributed by atoms with Crippen LogP contribution in [-0.2, 0) is 0 Å². The molecule has 0 saturated carbocycles. The van der Waals surface area contributed by atoms with Crippen LogP contribution in [0.2, 0.25) is 5.02 Å². The maximum absolute atomic E-state index is 5.67. The monoisotopic (exact) mass is 250 g/mol. The zero-order chi connectivity index (χ0) is 12.1. The lowest BCUT2D eigenvalue weighted by Gasteiger charge is -2.14. The molecule has 2 aromatic rings. The van der Waals surface area contributed by atoms with E-state index >= 15 is 0 Å². The Morgan fingerprint density at radius 2 is 1.71 bits per heavy atom. The van der Waals surface area contributed by atoms with Crippen molar-refractivity contribution in [2.45, 2.75) is 13.2 Å². The van der Waals surface area contributed by atoms with Gasteiger partial charge in [0.05, 0.1) is 17.4 Å². The van der Waals surface area contributed by atoms with Gasteiger partial charge in [0.2, 0.25) is 6.29 Å². The van der Waals surface area contributed by atoms with E-state index in [9.17, 15) is 0 Å². The van der Waals surface area contributed by atoms with Crippen LogP contribution in [0.25, 0.3) is 0 Å². The summed E-state index contributed by atoms with van der Waals surface area (Å²) in [5, 5.41) is 0.467. The molecule has 1 atom stereocenters. The van der Waals surface area contributed by atoms with Crippen LogP contribution in [-0.4, -0.2) is 16.3 Å². The molecule has 0 bridgehead atoms. The van der Waals surface area contributed by atoms with Gasteiger partial charge >= 0.3 is 6.01 Å². The van der Waals surface area contributed by atoms with Gasteiger partial charge in [-0.15, -0.1) is 0 Å². The number of hydrogen-bond acceptors (Lipinski definition) is 4. The zero-order valence-electron chi connectivity index (χ0n) is 9.21. The lowest BCUT2D eigenvalue weighted by Crippen LogP contribution is -2.20. The Morgan fingerprint density at radius 1 is 1.06 bits per heavy atom. The second kappa shape index (κ2) is 5.50. The fraction of sp³-hybridized carbons (Fsp3) is 0.167. The van der Waals surface area contributed by atoms with Gasteiger partial charge in [-0.05, 0) is 12.1 Å². The molecule has 1 aromatic carbocycles. The van der Waals surface area contributed by atoms with Crippen molar-refractivity contribution in [3.8, 4) is 11.8 Å². The van der Waals surface area contributed by atoms with Crippen molar-refractivity contribution in [1.82, 2.24) is 9.97 Å². The molecule has 0 aliphatic carbocycles. The quantitative estimate of drug-likeness (QED) is 0.783. The van der Waals surface area contributed by atoms with E-state index in [1.807, 2.05) is 30.3 Å². The second-order valence-corrected chi connectivity index (χ2v) is 3.74. The third-order valence-electron chi connectivity index (χ3n) is 1.91. The average Bonchev–Trinajstić information content (AvgIpc) is 2.33. The van der Waals surface area contributed by atoms with Crippen molar-refractivity contribution in [2.75, 3.05) is 0 Å². The number of aromatic nitrogens is 2. The molecule has 0 saturated heterocycles. The molecule has 5 heteroatoms. The molecule has 0 N–H and O–H groups in total. The Labute approximate surface area is 104 Å². The lowest BCUT2D eigenvalue weighted by atomic mass is 10.3. The van der Waals surface area contributed by atoms with Crippen LogP contribution in [0, 0.1) is 0 Å². The normalized spacial score (nSPS) is 11.9. The van der Waals surface area contributed by atoms with Crippen LogP contribution >= 0.6 is 11.6 Å². The van der Waals surface area contributed by atoms with Crippen LogP contribution in [0.5, 0.6) is 11.8 Å². The molecule has 1 unspecified atom stereocenters. The van der Waals surface area contributed by atoms with Crippen molar-refractivity contribution >= 4 is 11.6 Å². The average molecular weight is 251 g/mol. The Hall–Kier alpha value is -1.81. The fourth-order valence-electron chi connectivity index (χ4n) is 1.22. The van der Waals surface area contributed by atoms with Gasteiger partial charge in [-0.3, -0.25) is 0 Å². The molecule has 1 heterocycles. The molecule has 4 nitrogen and oxygen atoms in total. The van der Waals surface area contributed by atoms with Gasteiger partial charge in [0.1, 0.15) is 5.75 Å². The number of para-hydroxylation sites is 1. The first kappa shape index (κ1) is 11.7. The topological polar surface area (TPSA) is 44.2 Å². The van der Waals surface area contributed by atoms with Crippen molar-refractivity contribution in [3.05, 3.63) is 47.7 Å². The van der Waals surface area contributed by atoms with E-state index in [-0.39, 0.29) is 6.01 Å². The summed E-state index contributed by atoms with van der Waals surface area (Å²) in [7, 11) is 0. The highest BCUT2D eigenvalue weighted by molar-refractivity contribution is 6.30. The molecule has 0 radical (unpaired) electrons. The summed E-state index contributed by atoms with van der Waals surface area (Å²) >= 11 is 5.67. The molecule has 0 amide bonds. The van der Waals surface area contributed by atoms with E-state index in [0.29, 0.717) is 5.02 Å². The summed E-state index contributed by atoms with van der Waals surface area (Å²) in [5.41, 5.74) is 0. The summed E-state index contributed by atoms with van der Waals surface area (Å²) in [6.45, 7) is 1.77. The molecule has 2 rings (SSSR count). The second-order valence-electron chi connectivity index (χ2n) is 3.30. The fourth-order valence-corrected chi connectivity index (χ4v) is 1.32. The van der Waals surface area contributed by atoms with Crippen LogP contribution in [0.4, 0.5) is 0 Å². The third kappa shape index (κ3) is 3.60. The van der Waals surface area contributed by atoms with E-state index in [4.69, 9.17) is 21.1 Å². The Kier molecular flexibility index (Phi) is 3.77. The minimum atomic E-state index is -0.474. The molecular weight excluding hydrogens is 240 g/mol. The highest BCUT2D eigenvalue weighted by Gasteiger charge is 2.07. The first-order valence-electron chi connectivity index (χ1n) is 5.10. The Balaban J connectivity index is 1.93. The van der Waals surface area contributed by atoms with Crippen LogP contribution in [0.15, 0.2) is 42.7 Å². The molecule has 0 fully saturated rings. The minimum absolute atomic E-state index is 0.234. The summed E-state index contributed by atoms with van der Waals surface area (Å²) in [6.07, 6.45) is 2.47. The number of rotatable bonds is 4. The highest BCUT2D eigenvalue weighted by Crippen LogP contribution is 2.13. The summed E-state index contributed by atoms with van der Waals surface area (Å²) in [4.78, 5) is 7.83. The van der Waals surface area contributed by atoms with Gasteiger partial charge in [0.15, 0.2) is 0 Å². The maximum atomic E-state index is 5.67. The maximum Gasteiger partial charge on any atom is 0.319 e. The van der Waals surface area contributed by atoms with Crippen LogP contribution in [0.3, 0.4) is 0 Å². The number of ether oxygens (including phenoxy) is 2. The lowest BCUT2D eigenvalue weighted by molar-refractivity contribution is 0.0147. The first-order chi connectivity index (χ1) is 8.24. The van der Waals surface area contributed by atoms with Crippen molar-refractivity contribution in [2.24, 2.45) is 0 Å².